The molecule has 0 saturated carbocycles. The Morgan fingerprint density at radius 3 is 2.55 bits per heavy atom. The minimum atomic E-state index is -4.34. The molecule has 0 aliphatic rings. The van der Waals surface area contributed by atoms with Gasteiger partial charge in [0.15, 0.2) is 5.13 Å². The summed E-state index contributed by atoms with van der Waals surface area (Å²) in [7, 11) is 1.60. The summed E-state index contributed by atoms with van der Waals surface area (Å²) in [5.74, 6) is 0. The first-order valence-corrected chi connectivity index (χ1v) is 6.65. The molecular formula is C13H13F3N2OS. The Hall–Kier alpha value is -1.60. The summed E-state index contributed by atoms with van der Waals surface area (Å²) in [4.78, 5) is 3.03. The number of alkyl halides is 3. The van der Waals surface area contributed by atoms with Gasteiger partial charge in [-0.3, -0.25) is 0 Å². The van der Waals surface area contributed by atoms with Crippen LogP contribution in [0.3, 0.4) is 0 Å². The maximum atomic E-state index is 12.5. The van der Waals surface area contributed by atoms with Crippen molar-refractivity contribution in [3.05, 3.63) is 46.5 Å². The first-order valence-electron chi connectivity index (χ1n) is 5.83. The molecule has 0 saturated heterocycles. The zero-order valence-corrected chi connectivity index (χ0v) is 11.5. The van der Waals surface area contributed by atoms with Crippen LogP contribution in [0.2, 0.25) is 0 Å². The predicted octanol–water partition coefficient (Wildman–Crippen LogP) is 3.92. The van der Waals surface area contributed by atoms with Gasteiger partial charge in [0, 0.05) is 13.7 Å². The van der Waals surface area contributed by atoms with E-state index in [4.69, 9.17) is 4.74 Å². The number of nitrogens with zero attached hydrogens (tertiary/aromatic N) is 1. The number of thiazole rings is 1. The van der Waals surface area contributed by atoms with Crippen molar-refractivity contribution in [3.8, 4) is 0 Å². The highest BCUT2D eigenvalue weighted by Gasteiger charge is 2.33. The molecule has 20 heavy (non-hydrogen) atoms. The molecule has 3 nitrogen and oxygen atoms in total. The molecule has 0 unspecified atom stereocenters. The van der Waals surface area contributed by atoms with Gasteiger partial charge < -0.3 is 10.1 Å². The number of hydrogen-bond acceptors (Lipinski definition) is 4. The minimum absolute atomic E-state index is 0.254. The Kier molecular flexibility index (Phi) is 4.61. The van der Waals surface area contributed by atoms with Crippen molar-refractivity contribution in [1.29, 1.82) is 0 Å². The summed E-state index contributed by atoms with van der Waals surface area (Å²) in [5.41, 5.74) is 1.97. The van der Waals surface area contributed by atoms with E-state index >= 15 is 0 Å². The van der Waals surface area contributed by atoms with Crippen LogP contribution in [0, 0.1) is 0 Å². The molecular weight excluding hydrogens is 289 g/mol. The van der Waals surface area contributed by atoms with Gasteiger partial charge in [0.1, 0.15) is 4.88 Å². The molecule has 0 radical (unpaired) electrons. The lowest BCUT2D eigenvalue weighted by Crippen LogP contribution is -2.03. The average Bonchev–Trinajstić information content (AvgIpc) is 2.87. The van der Waals surface area contributed by atoms with Crippen molar-refractivity contribution in [2.75, 3.05) is 12.4 Å². The van der Waals surface area contributed by atoms with E-state index in [0.717, 1.165) is 17.3 Å². The summed E-state index contributed by atoms with van der Waals surface area (Å²) in [5, 5.41) is 3.16. The lowest BCUT2D eigenvalue weighted by atomic mass is 10.1. The van der Waals surface area contributed by atoms with Gasteiger partial charge in [-0.2, -0.15) is 13.2 Å². The highest BCUT2D eigenvalue weighted by atomic mass is 32.1. The van der Waals surface area contributed by atoms with Crippen LogP contribution < -0.4 is 5.32 Å². The van der Waals surface area contributed by atoms with Crippen LogP contribution in [-0.2, 0) is 24.1 Å². The first-order chi connectivity index (χ1) is 9.50. The van der Waals surface area contributed by atoms with Crippen LogP contribution in [0.5, 0.6) is 0 Å². The maximum Gasteiger partial charge on any atom is 0.427 e. The van der Waals surface area contributed by atoms with Crippen molar-refractivity contribution in [2.45, 2.75) is 19.3 Å². The fourth-order valence-corrected chi connectivity index (χ4v) is 2.36. The Balaban J connectivity index is 2.04. The van der Waals surface area contributed by atoms with Gasteiger partial charge >= 0.3 is 6.18 Å². The van der Waals surface area contributed by atoms with Crippen molar-refractivity contribution >= 4 is 16.5 Å². The third-order valence-corrected chi connectivity index (χ3v) is 3.63. The van der Waals surface area contributed by atoms with E-state index in [2.05, 4.69) is 10.3 Å². The highest BCUT2D eigenvalue weighted by molar-refractivity contribution is 7.15. The maximum absolute atomic E-state index is 12.5. The number of halogens is 3. The molecule has 0 atom stereocenters. The van der Waals surface area contributed by atoms with Gasteiger partial charge in [0.05, 0.1) is 12.8 Å². The van der Waals surface area contributed by atoms with Crippen molar-refractivity contribution < 1.29 is 17.9 Å². The summed E-state index contributed by atoms with van der Waals surface area (Å²) < 4.78 is 42.4. The van der Waals surface area contributed by atoms with E-state index in [9.17, 15) is 13.2 Å². The highest BCUT2D eigenvalue weighted by Crippen LogP contribution is 2.35. The van der Waals surface area contributed by atoms with Gasteiger partial charge in [0.2, 0.25) is 0 Å². The van der Waals surface area contributed by atoms with E-state index in [0.29, 0.717) is 24.5 Å². The monoisotopic (exact) mass is 302 g/mol. The summed E-state index contributed by atoms with van der Waals surface area (Å²) in [6.45, 7) is 0.869. The van der Waals surface area contributed by atoms with Crippen LogP contribution in [0.15, 0.2) is 30.5 Å². The second kappa shape index (κ2) is 6.23. The van der Waals surface area contributed by atoms with Crippen LogP contribution in [0.4, 0.5) is 18.3 Å². The third-order valence-electron chi connectivity index (χ3n) is 2.63. The molecule has 7 heteroatoms. The third kappa shape index (κ3) is 3.71. The SMILES string of the molecule is COCc1ccccc1CNc1ncc(C(F)(F)F)s1. The molecule has 0 aliphatic heterocycles. The number of rotatable bonds is 5. The molecule has 0 aliphatic carbocycles. The molecule has 2 rings (SSSR count). The lowest BCUT2D eigenvalue weighted by molar-refractivity contribution is -0.134. The number of methoxy groups -OCH3 is 1. The first kappa shape index (κ1) is 14.8. The number of benzene rings is 1. The van der Waals surface area contributed by atoms with Crippen molar-refractivity contribution in [3.63, 3.8) is 0 Å². The van der Waals surface area contributed by atoms with E-state index in [1.807, 2.05) is 24.3 Å². The Labute approximate surface area is 118 Å². The number of nitrogens with one attached hydrogen (secondary N) is 1. The number of hydrogen-bond donors (Lipinski definition) is 1. The minimum Gasteiger partial charge on any atom is -0.380 e. The van der Waals surface area contributed by atoms with Crippen LogP contribution in [0.1, 0.15) is 16.0 Å². The largest absolute Gasteiger partial charge is 0.427 e. The smallest absolute Gasteiger partial charge is 0.380 e. The second-order valence-electron chi connectivity index (χ2n) is 4.08. The fourth-order valence-electron chi connectivity index (χ4n) is 1.68. The molecule has 1 heterocycles. The van der Waals surface area contributed by atoms with E-state index in [-0.39, 0.29) is 5.13 Å². The van der Waals surface area contributed by atoms with Gasteiger partial charge in [0.25, 0.3) is 0 Å². The molecule has 0 bridgehead atoms. The quantitative estimate of drug-likeness (QED) is 0.909. The van der Waals surface area contributed by atoms with Gasteiger partial charge in [-0.1, -0.05) is 35.6 Å². The molecule has 0 fully saturated rings. The predicted molar refractivity (Wildman–Crippen MR) is 71.6 cm³/mol. The zero-order valence-electron chi connectivity index (χ0n) is 10.7. The molecule has 1 N–H and O–H groups in total. The summed E-state index contributed by atoms with van der Waals surface area (Å²) in [6, 6.07) is 7.59. The molecule has 1 aromatic heterocycles. The number of ether oxygens (including phenoxy) is 1. The lowest BCUT2D eigenvalue weighted by Gasteiger charge is -2.09. The van der Waals surface area contributed by atoms with Crippen LogP contribution in [0.25, 0.3) is 0 Å². The van der Waals surface area contributed by atoms with Crippen LogP contribution >= 0.6 is 11.3 Å². The Bertz CT molecular complexity index is 569. The topological polar surface area (TPSA) is 34.1 Å². The molecule has 108 valence electrons. The van der Waals surface area contributed by atoms with E-state index in [1.54, 1.807) is 7.11 Å². The van der Waals surface area contributed by atoms with Gasteiger partial charge in [-0.05, 0) is 11.1 Å². The molecule has 1 aromatic carbocycles. The number of aromatic nitrogens is 1. The van der Waals surface area contributed by atoms with Crippen molar-refractivity contribution in [1.82, 2.24) is 4.98 Å². The van der Waals surface area contributed by atoms with Gasteiger partial charge in [-0.25, -0.2) is 4.98 Å². The zero-order chi connectivity index (χ0) is 14.6. The molecule has 2 aromatic rings. The second-order valence-corrected chi connectivity index (χ2v) is 5.11. The summed E-state index contributed by atoms with van der Waals surface area (Å²) >= 11 is 0.600. The Morgan fingerprint density at radius 1 is 1.25 bits per heavy atom. The molecule has 0 spiro atoms. The average molecular weight is 302 g/mol. The van der Waals surface area contributed by atoms with E-state index in [1.165, 1.54) is 0 Å². The van der Waals surface area contributed by atoms with E-state index < -0.39 is 11.1 Å². The van der Waals surface area contributed by atoms with Gasteiger partial charge in [-0.15, -0.1) is 0 Å². The fraction of sp³-hybridized carbons (Fsp3) is 0.308. The normalized spacial score (nSPS) is 11.6. The summed E-state index contributed by atoms with van der Waals surface area (Å²) in [6.07, 6.45) is -3.50. The van der Waals surface area contributed by atoms with Crippen molar-refractivity contribution in [2.24, 2.45) is 0 Å². The standard InChI is InChI=1S/C13H13F3N2OS/c1-19-8-10-5-3-2-4-9(10)6-17-12-18-7-11(20-12)13(14,15)16/h2-5,7H,6,8H2,1H3,(H,17,18). The molecule has 0 amide bonds. The number of anilines is 1. The van der Waals surface area contributed by atoms with Crippen LogP contribution in [-0.4, -0.2) is 12.1 Å². The Morgan fingerprint density at radius 2 is 1.95 bits per heavy atom.